The van der Waals surface area contributed by atoms with Gasteiger partial charge >= 0.3 is 0 Å². The van der Waals surface area contributed by atoms with E-state index in [0.29, 0.717) is 4.31 Å². The number of halogens is 2. The highest BCUT2D eigenvalue weighted by molar-refractivity contribution is 7.89. The first-order valence-electron chi connectivity index (χ1n) is 4.44. The van der Waals surface area contributed by atoms with E-state index < -0.39 is 34.9 Å². The molecule has 0 bridgehead atoms. The Morgan fingerprint density at radius 1 is 1.47 bits per heavy atom. The molecule has 0 heterocycles. The molecule has 0 aromatic carbocycles. The summed E-state index contributed by atoms with van der Waals surface area (Å²) in [5.41, 5.74) is 5.17. The van der Waals surface area contributed by atoms with Crippen molar-refractivity contribution in [2.24, 2.45) is 5.73 Å². The Labute approximate surface area is 87.9 Å². The molecular formula is C7H16F2N2O3S. The monoisotopic (exact) mass is 246 g/mol. The maximum Gasteiger partial charge on any atom is 0.252 e. The molecule has 1 unspecified atom stereocenters. The fraction of sp³-hybridized carbons (Fsp3) is 1.00. The third-order valence-corrected chi connectivity index (χ3v) is 4.15. The van der Waals surface area contributed by atoms with E-state index in [9.17, 15) is 17.2 Å². The number of hydrogen-bond donors (Lipinski definition) is 2. The van der Waals surface area contributed by atoms with E-state index >= 15 is 0 Å². The maximum absolute atomic E-state index is 12.1. The lowest BCUT2D eigenvalue weighted by Crippen LogP contribution is -2.44. The molecule has 15 heavy (non-hydrogen) atoms. The first-order valence-corrected chi connectivity index (χ1v) is 5.94. The van der Waals surface area contributed by atoms with Crippen LogP contribution < -0.4 is 5.73 Å². The van der Waals surface area contributed by atoms with Crippen molar-refractivity contribution in [3.63, 3.8) is 0 Å². The van der Waals surface area contributed by atoms with Crippen LogP contribution in [0.25, 0.3) is 0 Å². The fourth-order valence-electron chi connectivity index (χ4n) is 0.964. The molecule has 0 rings (SSSR count). The molecule has 0 saturated carbocycles. The largest absolute Gasteiger partial charge is 0.395 e. The molecule has 8 heteroatoms. The highest BCUT2D eigenvalue weighted by Crippen LogP contribution is 2.10. The Bertz CT molecular complexity index is 271. The van der Waals surface area contributed by atoms with Gasteiger partial charge in [-0.2, -0.15) is 4.31 Å². The van der Waals surface area contributed by atoms with Crippen LogP contribution in [0.2, 0.25) is 0 Å². The highest BCUT2D eigenvalue weighted by atomic mass is 32.2. The Hall–Kier alpha value is -0.310. The summed E-state index contributed by atoms with van der Waals surface area (Å²) in [4.78, 5) is 0. The van der Waals surface area contributed by atoms with Gasteiger partial charge in [-0.3, -0.25) is 0 Å². The van der Waals surface area contributed by atoms with Crippen molar-refractivity contribution in [1.82, 2.24) is 4.31 Å². The van der Waals surface area contributed by atoms with Crippen molar-refractivity contribution in [2.75, 3.05) is 26.2 Å². The number of rotatable bonds is 7. The van der Waals surface area contributed by atoms with Gasteiger partial charge in [0, 0.05) is 13.1 Å². The second kappa shape index (κ2) is 6.31. The van der Waals surface area contributed by atoms with Gasteiger partial charge in [0.05, 0.1) is 18.4 Å². The summed E-state index contributed by atoms with van der Waals surface area (Å²) >= 11 is 0. The number of aliphatic hydroxyl groups is 1. The molecule has 3 N–H and O–H groups in total. The molecule has 92 valence electrons. The van der Waals surface area contributed by atoms with Crippen LogP contribution >= 0.6 is 0 Å². The molecular weight excluding hydrogens is 230 g/mol. The number of nitrogens with two attached hydrogens (primary N) is 1. The SMILES string of the molecule is CC(CN)S(=O)(=O)N(CCO)CC(F)F. The summed E-state index contributed by atoms with van der Waals surface area (Å²) in [5, 5.41) is 7.66. The van der Waals surface area contributed by atoms with Gasteiger partial charge in [-0.15, -0.1) is 0 Å². The Balaban J connectivity index is 4.73. The van der Waals surface area contributed by atoms with Gasteiger partial charge in [0.25, 0.3) is 6.43 Å². The van der Waals surface area contributed by atoms with Crippen LogP contribution in [-0.2, 0) is 10.0 Å². The Morgan fingerprint density at radius 3 is 2.33 bits per heavy atom. The quantitative estimate of drug-likeness (QED) is 0.617. The van der Waals surface area contributed by atoms with E-state index in [-0.39, 0.29) is 13.1 Å². The van der Waals surface area contributed by atoms with Crippen LogP contribution in [0.1, 0.15) is 6.92 Å². The zero-order valence-corrected chi connectivity index (χ0v) is 9.25. The summed E-state index contributed by atoms with van der Waals surface area (Å²) in [7, 11) is -3.84. The lowest BCUT2D eigenvalue weighted by atomic mass is 10.5. The first kappa shape index (κ1) is 14.7. The number of aliphatic hydroxyl groups excluding tert-OH is 1. The molecule has 0 aliphatic heterocycles. The van der Waals surface area contributed by atoms with Gasteiger partial charge in [0.15, 0.2) is 0 Å². The van der Waals surface area contributed by atoms with E-state index in [1.54, 1.807) is 0 Å². The van der Waals surface area contributed by atoms with Crippen LogP contribution in [0.3, 0.4) is 0 Å². The van der Waals surface area contributed by atoms with E-state index in [2.05, 4.69) is 0 Å². The van der Waals surface area contributed by atoms with Gasteiger partial charge in [-0.1, -0.05) is 0 Å². The van der Waals surface area contributed by atoms with Gasteiger partial charge < -0.3 is 10.8 Å². The second-order valence-electron chi connectivity index (χ2n) is 3.06. The third-order valence-electron chi connectivity index (χ3n) is 1.89. The molecule has 0 radical (unpaired) electrons. The topological polar surface area (TPSA) is 83.6 Å². The summed E-state index contributed by atoms with van der Waals surface area (Å²) in [6, 6.07) is 0. The smallest absolute Gasteiger partial charge is 0.252 e. The van der Waals surface area contributed by atoms with Gasteiger partial charge in [0.2, 0.25) is 10.0 Å². The van der Waals surface area contributed by atoms with Crippen LogP contribution in [0.15, 0.2) is 0 Å². The van der Waals surface area contributed by atoms with Crippen molar-refractivity contribution >= 4 is 10.0 Å². The molecule has 0 fully saturated rings. The minimum absolute atomic E-state index is 0.145. The third kappa shape index (κ3) is 4.37. The standard InChI is InChI=1S/C7H16F2N2O3S/c1-6(4-10)15(13,14)11(2-3-12)5-7(8)9/h6-7,12H,2-5,10H2,1H3. The van der Waals surface area contributed by atoms with E-state index in [4.69, 9.17) is 10.8 Å². The highest BCUT2D eigenvalue weighted by Gasteiger charge is 2.29. The minimum atomic E-state index is -3.84. The molecule has 1 atom stereocenters. The Kier molecular flexibility index (Phi) is 6.18. The van der Waals surface area contributed by atoms with Crippen molar-refractivity contribution in [3.05, 3.63) is 0 Å². The lowest BCUT2D eigenvalue weighted by Gasteiger charge is -2.23. The molecule has 0 spiro atoms. The van der Waals surface area contributed by atoms with Crippen LogP contribution in [0.5, 0.6) is 0 Å². The summed E-state index contributed by atoms with van der Waals surface area (Å²) in [6.45, 7) is -0.549. The summed E-state index contributed by atoms with van der Waals surface area (Å²) in [6.07, 6.45) is -2.77. The fourth-order valence-corrected chi connectivity index (χ4v) is 2.37. The molecule has 0 aliphatic rings. The number of alkyl halides is 2. The average molecular weight is 246 g/mol. The van der Waals surface area contributed by atoms with E-state index in [0.717, 1.165) is 0 Å². The Morgan fingerprint density at radius 2 is 2.00 bits per heavy atom. The molecule has 0 amide bonds. The van der Waals surface area contributed by atoms with Crippen molar-refractivity contribution in [1.29, 1.82) is 0 Å². The molecule has 0 aromatic heterocycles. The van der Waals surface area contributed by atoms with Crippen molar-refractivity contribution in [3.8, 4) is 0 Å². The molecule has 0 aromatic rings. The summed E-state index contributed by atoms with van der Waals surface area (Å²) in [5.74, 6) is 0. The summed E-state index contributed by atoms with van der Waals surface area (Å²) < 4.78 is 47.9. The van der Waals surface area contributed by atoms with E-state index in [1.165, 1.54) is 6.92 Å². The normalized spacial score (nSPS) is 14.9. The zero-order chi connectivity index (χ0) is 12.1. The lowest BCUT2D eigenvalue weighted by molar-refractivity contribution is 0.112. The number of sulfonamides is 1. The number of hydrogen-bond acceptors (Lipinski definition) is 4. The number of nitrogens with zero attached hydrogens (tertiary/aromatic N) is 1. The zero-order valence-electron chi connectivity index (χ0n) is 8.44. The second-order valence-corrected chi connectivity index (χ2v) is 5.42. The molecule has 0 aliphatic carbocycles. The molecule has 0 saturated heterocycles. The van der Waals surface area contributed by atoms with E-state index in [1.807, 2.05) is 0 Å². The van der Waals surface area contributed by atoms with Crippen molar-refractivity contribution in [2.45, 2.75) is 18.6 Å². The van der Waals surface area contributed by atoms with Crippen molar-refractivity contribution < 1.29 is 22.3 Å². The van der Waals surface area contributed by atoms with Crippen LogP contribution in [-0.4, -0.2) is 55.7 Å². The molecule has 5 nitrogen and oxygen atoms in total. The van der Waals surface area contributed by atoms with Crippen LogP contribution in [0.4, 0.5) is 8.78 Å². The predicted octanol–water partition coefficient (Wildman–Crippen LogP) is -0.777. The first-order chi connectivity index (χ1) is 6.86. The average Bonchev–Trinajstić information content (AvgIpc) is 2.15. The van der Waals surface area contributed by atoms with Gasteiger partial charge in [-0.25, -0.2) is 17.2 Å². The maximum atomic E-state index is 12.1. The predicted molar refractivity (Wildman–Crippen MR) is 52.1 cm³/mol. The minimum Gasteiger partial charge on any atom is -0.395 e. The van der Waals surface area contributed by atoms with Gasteiger partial charge in [0.1, 0.15) is 0 Å². The van der Waals surface area contributed by atoms with Crippen LogP contribution in [0, 0.1) is 0 Å². The van der Waals surface area contributed by atoms with Gasteiger partial charge in [-0.05, 0) is 6.92 Å².